The summed E-state index contributed by atoms with van der Waals surface area (Å²) < 4.78 is 20.7. The maximum Gasteiger partial charge on any atom is 0.336 e. The number of hydrogen-bond acceptors (Lipinski definition) is 6. The highest BCUT2D eigenvalue weighted by Crippen LogP contribution is 2.39. The van der Waals surface area contributed by atoms with Gasteiger partial charge in [-0.25, -0.2) is 4.79 Å². The van der Waals surface area contributed by atoms with Gasteiger partial charge in [0.2, 0.25) is 5.75 Å². The predicted octanol–water partition coefficient (Wildman–Crippen LogP) is 3.26. The highest BCUT2D eigenvalue weighted by Gasteiger charge is 2.17. The molecule has 0 saturated heterocycles. The number of esters is 1. The lowest BCUT2D eigenvalue weighted by Crippen LogP contribution is -2.05. The summed E-state index contributed by atoms with van der Waals surface area (Å²) in [6.45, 7) is 1.26. The molecule has 7 nitrogen and oxygen atoms in total. The summed E-state index contributed by atoms with van der Waals surface area (Å²) >= 11 is 0. The van der Waals surface area contributed by atoms with E-state index in [0.29, 0.717) is 16.9 Å². The number of carbonyl (C=O) groups is 2. The lowest BCUT2D eigenvalue weighted by atomic mass is 10.0. The molecular formula is C20H20O7. The smallest absolute Gasteiger partial charge is 0.336 e. The Hall–Kier alpha value is -3.48. The van der Waals surface area contributed by atoms with E-state index in [0.717, 1.165) is 0 Å². The van der Waals surface area contributed by atoms with Crippen LogP contribution in [0.3, 0.4) is 0 Å². The summed E-state index contributed by atoms with van der Waals surface area (Å²) in [6, 6.07) is 9.79. The van der Waals surface area contributed by atoms with E-state index in [-0.39, 0.29) is 22.8 Å². The molecule has 27 heavy (non-hydrogen) atoms. The van der Waals surface area contributed by atoms with Gasteiger partial charge in [-0.3, -0.25) is 4.79 Å². The molecule has 0 amide bonds. The fourth-order valence-electron chi connectivity index (χ4n) is 2.43. The van der Waals surface area contributed by atoms with Crippen molar-refractivity contribution in [1.29, 1.82) is 0 Å². The highest BCUT2D eigenvalue weighted by atomic mass is 16.6. The monoisotopic (exact) mass is 372 g/mol. The minimum atomic E-state index is -1.10. The average molecular weight is 372 g/mol. The first-order valence-electron chi connectivity index (χ1n) is 7.93. The summed E-state index contributed by atoms with van der Waals surface area (Å²) in [5.74, 6) is -0.379. The van der Waals surface area contributed by atoms with Crippen LogP contribution in [0.4, 0.5) is 0 Å². The normalized spacial score (nSPS) is 10.9. The van der Waals surface area contributed by atoms with Gasteiger partial charge in [-0.1, -0.05) is 12.1 Å². The Balaban J connectivity index is 2.55. The van der Waals surface area contributed by atoms with Crippen LogP contribution in [0.25, 0.3) is 11.6 Å². The first-order valence-corrected chi connectivity index (χ1v) is 7.93. The highest BCUT2D eigenvalue weighted by molar-refractivity contribution is 6.20. The van der Waals surface area contributed by atoms with Crippen LogP contribution >= 0.6 is 0 Å². The van der Waals surface area contributed by atoms with Crippen molar-refractivity contribution in [2.45, 2.75) is 6.92 Å². The van der Waals surface area contributed by atoms with Crippen LogP contribution < -0.4 is 18.9 Å². The number of carbonyl (C=O) groups excluding carboxylic acids is 1. The fourth-order valence-corrected chi connectivity index (χ4v) is 2.43. The number of aliphatic carboxylic acids is 1. The Morgan fingerprint density at radius 3 is 1.89 bits per heavy atom. The van der Waals surface area contributed by atoms with Gasteiger partial charge in [0.25, 0.3) is 0 Å². The van der Waals surface area contributed by atoms with Gasteiger partial charge in [0.15, 0.2) is 11.5 Å². The summed E-state index contributed by atoms with van der Waals surface area (Å²) in [7, 11) is 4.36. The van der Waals surface area contributed by atoms with Gasteiger partial charge in [0.05, 0.1) is 26.9 Å². The van der Waals surface area contributed by atoms with Crippen LogP contribution in [-0.2, 0) is 9.59 Å². The second-order valence-electron chi connectivity index (χ2n) is 5.44. The van der Waals surface area contributed by atoms with Gasteiger partial charge in [0, 0.05) is 6.92 Å². The maximum atomic E-state index is 11.7. The summed E-state index contributed by atoms with van der Waals surface area (Å²) in [5.41, 5.74) is 1.08. The second kappa shape index (κ2) is 8.75. The molecule has 0 bridgehead atoms. The standard InChI is InChI=1S/C20H20O7/c1-12(21)27-19-17(25-3)10-13(11-18(19)26-4)9-16(20(22)23)14-5-7-15(24-2)8-6-14/h5-11H,1-4H3,(H,22,23)/b16-9+. The van der Waals surface area contributed by atoms with Gasteiger partial charge in [-0.2, -0.15) is 0 Å². The molecule has 2 aromatic carbocycles. The Bertz CT molecular complexity index is 841. The molecule has 7 heteroatoms. The Morgan fingerprint density at radius 2 is 1.48 bits per heavy atom. The maximum absolute atomic E-state index is 11.7. The van der Waals surface area contributed by atoms with Gasteiger partial charge in [-0.15, -0.1) is 0 Å². The molecule has 2 aromatic rings. The molecule has 0 atom stereocenters. The van der Waals surface area contributed by atoms with Crippen LogP contribution in [0, 0.1) is 0 Å². The van der Waals surface area contributed by atoms with E-state index in [2.05, 4.69) is 0 Å². The zero-order valence-electron chi connectivity index (χ0n) is 15.4. The van der Waals surface area contributed by atoms with Crippen molar-refractivity contribution in [2.24, 2.45) is 0 Å². The first-order chi connectivity index (χ1) is 12.9. The lowest BCUT2D eigenvalue weighted by Gasteiger charge is -2.14. The zero-order chi connectivity index (χ0) is 20.0. The number of methoxy groups -OCH3 is 3. The van der Waals surface area contributed by atoms with Gasteiger partial charge in [0.1, 0.15) is 5.75 Å². The molecule has 2 rings (SSSR count). The molecule has 0 aromatic heterocycles. The van der Waals surface area contributed by atoms with Crippen molar-refractivity contribution < 1.29 is 33.6 Å². The Labute approximate surface area is 156 Å². The van der Waals surface area contributed by atoms with Crippen LogP contribution in [0.2, 0.25) is 0 Å². The summed E-state index contributed by atoms with van der Waals surface area (Å²) in [5, 5.41) is 9.61. The molecular weight excluding hydrogens is 352 g/mol. The van der Waals surface area contributed by atoms with E-state index < -0.39 is 11.9 Å². The van der Waals surface area contributed by atoms with Crippen molar-refractivity contribution in [3.8, 4) is 23.0 Å². The number of benzene rings is 2. The van der Waals surface area contributed by atoms with E-state index >= 15 is 0 Å². The van der Waals surface area contributed by atoms with Crippen molar-refractivity contribution in [3.63, 3.8) is 0 Å². The molecule has 0 spiro atoms. The molecule has 0 radical (unpaired) electrons. The average Bonchev–Trinajstić information content (AvgIpc) is 2.66. The molecule has 0 aliphatic carbocycles. The van der Waals surface area contributed by atoms with Crippen LogP contribution in [0.1, 0.15) is 18.1 Å². The Kier molecular flexibility index (Phi) is 6.43. The minimum Gasteiger partial charge on any atom is -0.497 e. The van der Waals surface area contributed by atoms with E-state index in [1.54, 1.807) is 36.4 Å². The molecule has 0 saturated carbocycles. The second-order valence-corrected chi connectivity index (χ2v) is 5.44. The van der Waals surface area contributed by atoms with Gasteiger partial charge >= 0.3 is 11.9 Å². The topological polar surface area (TPSA) is 91.3 Å². The quantitative estimate of drug-likeness (QED) is 0.345. The number of carboxylic acid groups (broad SMARTS) is 1. The summed E-state index contributed by atoms with van der Waals surface area (Å²) in [6.07, 6.45) is 1.48. The van der Waals surface area contributed by atoms with Gasteiger partial charge < -0.3 is 24.1 Å². The van der Waals surface area contributed by atoms with Crippen molar-refractivity contribution >= 4 is 23.6 Å². The van der Waals surface area contributed by atoms with Crippen molar-refractivity contribution in [2.75, 3.05) is 21.3 Å². The SMILES string of the molecule is COc1ccc(/C(=C\c2cc(OC)c(OC(C)=O)c(OC)c2)C(=O)O)cc1. The number of carboxylic acids is 1. The molecule has 0 unspecified atom stereocenters. The molecule has 0 aliphatic rings. The fraction of sp³-hybridized carbons (Fsp3) is 0.200. The zero-order valence-corrected chi connectivity index (χ0v) is 15.4. The summed E-state index contributed by atoms with van der Waals surface area (Å²) in [4.78, 5) is 23.1. The number of rotatable bonds is 7. The largest absolute Gasteiger partial charge is 0.497 e. The minimum absolute atomic E-state index is 0.0713. The molecule has 1 N–H and O–H groups in total. The third-order valence-corrected chi connectivity index (χ3v) is 3.67. The van der Waals surface area contributed by atoms with E-state index in [4.69, 9.17) is 18.9 Å². The van der Waals surface area contributed by atoms with Crippen molar-refractivity contribution in [3.05, 3.63) is 47.5 Å². The van der Waals surface area contributed by atoms with Gasteiger partial charge in [-0.05, 0) is 41.5 Å². The molecule has 0 fully saturated rings. The molecule has 0 heterocycles. The third kappa shape index (κ3) is 4.78. The van der Waals surface area contributed by atoms with E-state index in [1.165, 1.54) is 34.3 Å². The van der Waals surface area contributed by atoms with Crippen LogP contribution in [0.15, 0.2) is 36.4 Å². The van der Waals surface area contributed by atoms with Crippen LogP contribution in [0.5, 0.6) is 23.0 Å². The first kappa shape index (κ1) is 19.8. The van der Waals surface area contributed by atoms with E-state index in [1.807, 2.05) is 0 Å². The lowest BCUT2D eigenvalue weighted by molar-refractivity contribution is -0.132. The Morgan fingerprint density at radius 1 is 0.926 bits per heavy atom. The molecule has 142 valence electrons. The van der Waals surface area contributed by atoms with Crippen molar-refractivity contribution in [1.82, 2.24) is 0 Å². The van der Waals surface area contributed by atoms with Crippen LogP contribution in [-0.4, -0.2) is 38.4 Å². The molecule has 0 aliphatic heterocycles. The third-order valence-electron chi connectivity index (χ3n) is 3.67. The number of ether oxygens (including phenoxy) is 4. The predicted molar refractivity (Wildman–Crippen MR) is 99.4 cm³/mol. The van der Waals surface area contributed by atoms with E-state index in [9.17, 15) is 14.7 Å². The number of hydrogen-bond donors (Lipinski definition) is 1.